The summed E-state index contributed by atoms with van der Waals surface area (Å²) in [6, 6.07) is 18.3. The number of hydrogen-bond donors (Lipinski definition) is 2. The molecule has 1 fully saturated rings. The maximum absolute atomic E-state index is 12.4. The Bertz CT molecular complexity index is 876. The molecule has 25 heavy (non-hydrogen) atoms. The van der Waals surface area contributed by atoms with Crippen molar-refractivity contribution in [2.75, 3.05) is 16.9 Å². The minimum atomic E-state index is -0.213. The van der Waals surface area contributed by atoms with E-state index in [1.54, 1.807) is 11.0 Å². The highest BCUT2D eigenvalue weighted by Crippen LogP contribution is 2.25. The van der Waals surface area contributed by atoms with Crippen molar-refractivity contribution in [1.82, 2.24) is 15.0 Å². The molecule has 2 aromatic carbocycles. The standard InChI is InChI=1S/C19H21N5O/c1-14-11-15(12-23(14)16-7-3-2-4-8-16)21-19(25)22-24-13-20-17-9-5-6-10-18(17)24/h2-10,13-15H,11-12H2,1H3,(H2,21,22,25). The third-order valence-corrected chi connectivity index (χ3v) is 4.67. The molecule has 2 heterocycles. The van der Waals surface area contributed by atoms with Crippen molar-refractivity contribution in [2.24, 2.45) is 0 Å². The summed E-state index contributed by atoms with van der Waals surface area (Å²) < 4.78 is 1.65. The molecule has 2 atom stereocenters. The highest BCUT2D eigenvalue weighted by atomic mass is 16.2. The van der Waals surface area contributed by atoms with Gasteiger partial charge in [-0.15, -0.1) is 0 Å². The third kappa shape index (κ3) is 3.15. The quantitative estimate of drug-likeness (QED) is 0.773. The van der Waals surface area contributed by atoms with Gasteiger partial charge in [-0.3, -0.25) is 0 Å². The second-order valence-corrected chi connectivity index (χ2v) is 6.46. The molecule has 6 nitrogen and oxygen atoms in total. The van der Waals surface area contributed by atoms with Crippen LogP contribution in [0.15, 0.2) is 60.9 Å². The number of carbonyl (C=O) groups excluding carboxylic acids is 1. The van der Waals surface area contributed by atoms with Crippen LogP contribution in [0.5, 0.6) is 0 Å². The molecule has 4 rings (SSSR count). The summed E-state index contributed by atoms with van der Waals surface area (Å²) in [6.45, 7) is 3.00. The average Bonchev–Trinajstić information content (AvgIpc) is 3.19. The van der Waals surface area contributed by atoms with Crippen LogP contribution in [-0.4, -0.2) is 34.3 Å². The van der Waals surface area contributed by atoms with Crippen LogP contribution in [0.4, 0.5) is 10.5 Å². The molecule has 2 N–H and O–H groups in total. The minimum absolute atomic E-state index is 0.116. The molecule has 0 spiro atoms. The topological polar surface area (TPSA) is 62.2 Å². The lowest BCUT2D eigenvalue weighted by molar-refractivity contribution is 0.246. The molecule has 3 aromatic rings. The van der Waals surface area contributed by atoms with Crippen molar-refractivity contribution in [3.63, 3.8) is 0 Å². The largest absolute Gasteiger partial charge is 0.367 e. The summed E-state index contributed by atoms with van der Waals surface area (Å²) >= 11 is 0. The van der Waals surface area contributed by atoms with E-state index in [1.807, 2.05) is 42.5 Å². The number of nitrogens with one attached hydrogen (secondary N) is 2. The zero-order valence-electron chi connectivity index (χ0n) is 14.1. The van der Waals surface area contributed by atoms with Gasteiger partial charge < -0.3 is 10.2 Å². The van der Waals surface area contributed by atoms with Crippen LogP contribution in [-0.2, 0) is 0 Å². The molecule has 0 aliphatic carbocycles. The third-order valence-electron chi connectivity index (χ3n) is 4.67. The molecule has 1 aliphatic heterocycles. The lowest BCUT2D eigenvalue weighted by atomic mass is 10.2. The van der Waals surface area contributed by atoms with Gasteiger partial charge >= 0.3 is 6.03 Å². The molecule has 2 unspecified atom stereocenters. The number of nitrogens with zero attached hydrogens (tertiary/aromatic N) is 3. The van der Waals surface area contributed by atoms with Crippen LogP contribution < -0.4 is 15.6 Å². The number of rotatable bonds is 3. The lowest BCUT2D eigenvalue weighted by Crippen LogP contribution is -2.42. The predicted octanol–water partition coefficient (Wildman–Crippen LogP) is 2.96. The van der Waals surface area contributed by atoms with Crippen LogP contribution >= 0.6 is 0 Å². The fraction of sp³-hybridized carbons (Fsp3) is 0.263. The molecule has 1 aliphatic rings. The molecule has 1 aromatic heterocycles. The van der Waals surface area contributed by atoms with Gasteiger partial charge in [-0.05, 0) is 37.6 Å². The Morgan fingerprint density at radius 1 is 1.12 bits per heavy atom. The van der Waals surface area contributed by atoms with E-state index in [1.165, 1.54) is 5.69 Å². The number of fused-ring (bicyclic) bond motifs is 1. The number of benzene rings is 2. The van der Waals surface area contributed by atoms with Gasteiger partial charge in [0.25, 0.3) is 0 Å². The van der Waals surface area contributed by atoms with Crippen molar-refractivity contribution >= 4 is 22.8 Å². The Morgan fingerprint density at radius 2 is 1.88 bits per heavy atom. The van der Waals surface area contributed by atoms with E-state index in [0.717, 1.165) is 24.0 Å². The van der Waals surface area contributed by atoms with Crippen molar-refractivity contribution in [3.05, 3.63) is 60.9 Å². The Kier molecular flexibility index (Phi) is 4.01. The van der Waals surface area contributed by atoms with Gasteiger partial charge in [-0.25, -0.2) is 19.9 Å². The molecule has 2 amide bonds. The summed E-state index contributed by atoms with van der Waals surface area (Å²) in [5, 5.41) is 3.07. The number of carbonyl (C=O) groups is 1. The summed E-state index contributed by atoms with van der Waals surface area (Å²) in [7, 11) is 0. The minimum Gasteiger partial charge on any atom is -0.367 e. The summed E-state index contributed by atoms with van der Waals surface area (Å²) in [6.07, 6.45) is 2.55. The van der Waals surface area contributed by atoms with Crippen molar-refractivity contribution in [1.29, 1.82) is 0 Å². The molecule has 128 valence electrons. The van der Waals surface area contributed by atoms with Gasteiger partial charge in [0.15, 0.2) is 0 Å². The summed E-state index contributed by atoms with van der Waals surface area (Å²) in [4.78, 5) is 19.0. The van der Waals surface area contributed by atoms with Crippen molar-refractivity contribution < 1.29 is 4.79 Å². The highest BCUT2D eigenvalue weighted by Gasteiger charge is 2.30. The first-order chi connectivity index (χ1) is 12.2. The molecule has 0 saturated carbocycles. The van der Waals surface area contributed by atoms with Crippen molar-refractivity contribution in [2.45, 2.75) is 25.4 Å². The monoisotopic (exact) mass is 335 g/mol. The number of para-hydroxylation sites is 3. The van der Waals surface area contributed by atoms with E-state index in [4.69, 9.17) is 0 Å². The lowest BCUT2D eigenvalue weighted by Gasteiger charge is -2.23. The second kappa shape index (κ2) is 6.47. The molecule has 6 heteroatoms. The maximum atomic E-state index is 12.4. The summed E-state index contributed by atoms with van der Waals surface area (Å²) in [5.41, 5.74) is 5.77. The van der Waals surface area contributed by atoms with Crippen LogP contribution in [0.2, 0.25) is 0 Å². The normalized spacial score (nSPS) is 20.0. The van der Waals surface area contributed by atoms with Gasteiger partial charge in [-0.2, -0.15) is 0 Å². The van der Waals surface area contributed by atoms with Crippen LogP contribution in [0, 0.1) is 0 Å². The van der Waals surface area contributed by atoms with E-state index in [2.05, 4.69) is 39.7 Å². The first-order valence-electron chi connectivity index (χ1n) is 8.52. The fourth-order valence-electron chi connectivity index (χ4n) is 3.49. The Hall–Kier alpha value is -3.02. The second-order valence-electron chi connectivity index (χ2n) is 6.46. The first-order valence-corrected chi connectivity index (χ1v) is 8.52. The van der Waals surface area contributed by atoms with Gasteiger partial charge in [0, 0.05) is 18.3 Å². The number of aromatic nitrogens is 2. The molecular weight excluding hydrogens is 314 g/mol. The zero-order valence-corrected chi connectivity index (χ0v) is 14.1. The van der Waals surface area contributed by atoms with Gasteiger partial charge in [0.05, 0.1) is 17.1 Å². The van der Waals surface area contributed by atoms with E-state index in [0.29, 0.717) is 6.04 Å². The van der Waals surface area contributed by atoms with Crippen LogP contribution in [0.3, 0.4) is 0 Å². The molecule has 0 bridgehead atoms. The maximum Gasteiger partial charge on any atom is 0.334 e. The Labute approximate surface area is 146 Å². The van der Waals surface area contributed by atoms with E-state index in [-0.39, 0.29) is 12.1 Å². The van der Waals surface area contributed by atoms with Crippen molar-refractivity contribution in [3.8, 4) is 0 Å². The molecule has 0 radical (unpaired) electrons. The number of amides is 2. The Morgan fingerprint density at radius 3 is 2.72 bits per heavy atom. The van der Waals surface area contributed by atoms with E-state index >= 15 is 0 Å². The average molecular weight is 335 g/mol. The number of urea groups is 1. The van der Waals surface area contributed by atoms with Gasteiger partial charge in [0.2, 0.25) is 0 Å². The van der Waals surface area contributed by atoms with Gasteiger partial charge in [-0.1, -0.05) is 30.3 Å². The zero-order chi connectivity index (χ0) is 17.2. The van der Waals surface area contributed by atoms with Crippen LogP contribution in [0.25, 0.3) is 11.0 Å². The van der Waals surface area contributed by atoms with Gasteiger partial charge in [0.1, 0.15) is 6.33 Å². The van der Waals surface area contributed by atoms with Crippen LogP contribution in [0.1, 0.15) is 13.3 Å². The van der Waals surface area contributed by atoms with E-state index < -0.39 is 0 Å². The van der Waals surface area contributed by atoms with E-state index in [9.17, 15) is 4.79 Å². The SMILES string of the molecule is CC1CC(NC(=O)Nn2cnc3ccccc32)CN1c1ccccc1. The Balaban J connectivity index is 1.40. The highest BCUT2D eigenvalue weighted by molar-refractivity contribution is 5.85. The number of imidazole rings is 1. The number of anilines is 1. The molecule has 1 saturated heterocycles. The number of hydrogen-bond acceptors (Lipinski definition) is 3. The smallest absolute Gasteiger partial charge is 0.334 e. The first kappa shape index (κ1) is 15.5. The summed E-state index contributed by atoms with van der Waals surface area (Å²) in [5.74, 6) is 0. The fourth-order valence-corrected chi connectivity index (χ4v) is 3.49. The predicted molar refractivity (Wildman–Crippen MR) is 99.3 cm³/mol. The molecular formula is C19H21N5O.